The number of para-hydroxylation sites is 1. The van der Waals surface area contributed by atoms with E-state index < -0.39 is 0 Å². The van der Waals surface area contributed by atoms with Crippen LogP contribution in [0.15, 0.2) is 59.0 Å². The lowest BCUT2D eigenvalue weighted by atomic mass is 10.1. The van der Waals surface area contributed by atoms with E-state index in [0.717, 1.165) is 11.1 Å². The fourth-order valence-electron chi connectivity index (χ4n) is 3.36. The van der Waals surface area contributed by atoms with Crippen LogP contribution in [0.4, 0.5) is 5.69 Å². The van der Waals surface area contributed by atoms with Crippen molar-refractivity contribution in [2.45, 2.75) is 6.92 Å². The maximum atomic E-state index is 12.7. The summed E-state index contributed by atoms with van der Waals surface area (Å²) in [4.78, 5) is 17.2. The summed E-state index contributed by atoms with van der Waals surface area (Å²) in [6.07, 6.45) is 0. The Bertz CT molecular complexity index is 1370. The zero-order chi connectivity index (χ0) is 23.5. The average Bonchev–Trinajstić information content (AvgIpc) is 3.22. The third-order valence-electron chi connectivity index (χ3n) is 4.93. The molecule has 0 aliphatic rings. The van der Waals surface area contributed by atoms with Gasteiger partial charge in [0.25, 0.3) is 5.91 Å². The molecule has 9 heteroatoms. The van der Waals surface area contributed by atoms with Gasteiger partial charge in [-0.1, -0.05) is 23.7 Å². The Balaban J connectivity index is 1.50. The van der Waals surface area contributed by atoms with Crippen LogP contribution in [0.25, 0.3) is 22.6 Å². The van der Waals surface area contributed by atoms with E-state index >= 15 is 0 Å². The van der Waals surface area contributed by atoms with Crippen LogP contribution < -0.4 is 20.1 Å². The van der Waals surface area contributed by atoms with Gasteiger partial charge in [-0.2, -0.15) is 0 Å². The Kier molecular flexibility index (Phi) is 6.48. The summed E-state index contributed by atoms with van der Waals surface area (Å²) >= 11 is 11.5. The number of aryl methyl sites for hydroxylation is 1. The van der Waals surface area contributed by atoms with Crippen LogP contribution in [0.5, 0.6) is 11.5 Å². The van der Waals surface area contributed by atoms with Gasteiger partial charge in [-0.15, -0.1) is 0 Å². The van der Waals surface area contributed by atoms with Gasteiger partial charge >= 0.3 is 0 Å². The number of nitrogens with zero attached hydrogens (tertiary/aromatic N) is 1. The first kappa shape index (κ1) is 22.6. The Morgan fingerprint density at radius 2 is 1.91 bits per heavy atom. The maximum Gasteiger partial charge on any atom is 0.261 e. The van der Waals surface area contributed by atoms with Crippen LogP contribution in [-0.4, -0.2) is 30.2 Å². The summed E-state index contributed by atoms with van der Waals surface area (Å²) < 4.78 is 16.4. The van der Waals surface area contributed by atoms with Crippen molar-refractivity contribution >= 4 is 51.6 Å². The molecule has 4 rings (SSSR count). The molecule has 0 atom stereocenters. The van der Waals surface area contributed by atoms with E-state index in [4.69, 9.17) is 37.7 Å². The Morgan fingerprint density at radius 3 is 2.64 bits per heavy atom. The van der Waals surface area contributed by atoms with E-state index in [2.05, 4.69) is 15.6 Å². The van der Waals surface area contributed by atoms with E-state index in [1.54, 1.807) is 49.6 Å². The van der Waals surface area contributed by atoms with Gasteiger partial charge in [0.15, 0.2) is 10.7 Å². The molecule has 2 N–H and O–H groups in total. The summed E-state index contributed by atoms with van der Waals surface area (Å²) in [6, 6.07) is 16.0. The number of carbonyl (C=O) groups excluding carboxylic acids is 1. The van der Waals surface area contributed by atoms with E-state index in [-0.39, 0.29) is 11.0 Å². The van der Waals surface area contributed by atoms with E-state index in [1.165, 1.54) is 7.11 Å². The number of fused-ring (bicyclic) bond motifs is 1. The van der Waals surface area contributed by atoms with Gasteiger partial charge in [-0.3, -0.25) is 10.1 Å². The molecule has 33 heavy (non-hydrogen) atoms. The molecule has 0 spiro atoms. The maximum absolute atomic E-state index is 12.7. The summed E-state index contributed by atoms with van der Waals surface area (Å²) in [5.41, 5.74) is 3.85. The fourth-order valence-corrected chi connectivity index (χ4v) is 3.83. The van der Waals surface area contributed by atoms with Gasteiger partial charge in [0.05, 0.1) is 24.8 Å². The minimum Gasteiger partial charge on any atom is -0.496 e. The van der Waals surface area contributed by atoms with Crippen LogP contribution in [0.2, 0.25) is 5.02 Å². The molecule has 0 saturated carbocycles. The highest BCUT2D eigenvalue weighted by atomic mass is 35.5. The molecule has 0 aliphatic carbocycles. The smallest absolute Gasteiger partial charge is 0.261 e. The first-order valence-electron chi connectivity index (χ1n) is 9.90. The van der Waals surface area contributed by atoms with Gasteiger partial charge in [0.1, 0.15) is 17.0 Å². The minimum atomic E-state index is -0.366. The summed E-state index contributed by atoms with van der Waals surface area (Å²) in [5, 5.41) is 6.28. The second kappa shape index (κ2) is 9.48. The van der Waals surface area contributed by atoms with Crippen molar-refractivity contribution in [3.63, 3.8) is 0 Å². The molecule has 1 aromatic heterocycles. The van der Waals surface area contributed by atoms with Crippen LogP contribution in [-0.2, 0) is 0 Å². The molecule has 0 radical (unpaired) electrons. The molecule has 1 amide bonds. The number of hydrogen-bond donors (Lipinski definition) is 2. The molecule has 0 bridgehead atoms. The van der Waals surface area contributed by atoms with Gasteiger partial charge < -0.3 is 19.2 Å². The Hall–Kier alpha value is -3.62. The Morgan fingerprint density at radius 1 is 1.09 bits per heavy atom. The summed E-state index contributed by atoms with van der Waals surface area (Å²) in [6.45, 7) is 1.87. The predicted molar refractivity (Wildman–Crippen MR) is 132 cm³/mol. The zero-order valence-electron chi connectivity index (χ0n) is 18.1. The number of thiocarbonyl (C=S) groups is 1. The molecule has 168 valence electrons. The highest BCUT2D eigenvalue weighted by Gasteiger charge is 2.16. The lowest BCUT2D eigenvalue weighted by Gasteiger charge is -2.13. The molecule has 3 aromatic carbocycles. The number of oxazole rings is 1. The number of hydrogen-bond acceptors (Lipinski definition) is 6. The number of carbonyl (C=O) groups is 1. The van der Waals surface area contributed by atoms with E-state index in [1.807, 2.05) is 19.1 Å². The third kappa shape index (κ3) is 4.76. The summed E-state index contributed by atoms with van der Waals surface area (Å²) in [7, 11) is 3.08. The highest BCUT2D eigenvalue weighted by Crippen LogP contribution is 2.32. The van der Waals surface area contributed by atoms with Crippen LogP contribution in [0, 0.1) is 6.92 Å². The van der Waals surface area contributed by atoms with Crippen LogP contribution >= 0.6 is 23.8 Å². The first-order chi connectivity index (χ1) is 15.9. The van der Waals surface area contributed by atoms with Crippen LogP contribution in [0.3, 0.4) is 0 Å². The molecule has 4 aromatic rings. The van der Waals surface area contributed by atoms with E-state index in [0.29, 0.717) is 44.8 Å². The summed E-state index contributed by atoms with van der Waals surface area (Å²) in [5.74, 6) is 1.14. The number of nitrogens with one attached hydrogen (secondary N) is 2. The number of amides is 1. The van der Waals surface area contributed by atoms with E-state index in [9.17, 15) is 4.79 Å². The lowest BCUT2D eigenvalue weighted by Crippen LogP contribution is -2.34. The van der Waals surface area contributed by atoms with Crippen molar-refractivity contribution in [2.75, 3.05) is 19.5 Å². The largest absolute Gasteiger partial charge is 0.496 e. The molecular weight excluding hydrogens is 462 g/mol. The lowest BCUT2D eigenvalue weighted by molar-refractivity contribution is 0.0974. The Labute approximate surface area is 200 Å². The van der Waals surface area contributed by atoms with Gasteiger partial charge in [0.2, 0.25) is 5.89 Å². The number of benzene rings is 3. The van der Waals surface area contributed by atoms with Gasteiger partial charge in [-0.25, -0.2) is 4.98 Å². The van der Waals surface area contributed by atoms with Crippen LogP contribution in [0.1, 0.15) is 15.9 Å². The highest BCUT2D eigenvalue weighted by molar-refractivity contribution is 7.80. The van der Waals surface area contributed by atoms with Crippen molar-refractivity contribution < 1.29 is 18.7 Å². The number of halogens is 1. The van der Waals surface area contributed by atoms with Crippen molar-refractivity contribution in [1.29, 1.82) is 0 Å². The second-order valence-corrected chi connectivity index (χ2v) is 7.93. The molecule has 0 fully saturated rings. The second-order valence-electron chi connectivity index (χ2n) is 7.11. The normalized spacial score (nSPS) is 10.7. The third-order valence-corrected chi connectivity index (χ3v) is 5.43. The topological polar surface area (TPSA) is 85.6 Å². The molecule has 0 aliphatic heterocycles. The predicted octanol–water partition coefficient (Wildman–Crippen LogP) is 5.60. The fraction of sp³-hybridized carbons (Fsp3) is 0.125. The molecule has 7 nitrogen and oxygen atoms in total. The van der Waals surface area contributed by atoms with Crippen molar-refractivity contribution in [3.05, 3.63) is 70.7 Å². The standard InChI is InChI=1S/C24H20ClN3O4S/c1-13-5-4-6-16(21(13)31-3)22(29)28-24(33)26-15-8-10-20-18(12-15)27-23(32-20)14-7-9-19(30-2)17(25)11-14/h4-12H,1-3H3,(H2,26,28,29,33). The molecule has 1 heterocycles. The molecule has 0 unspecified atom stereocenters. The monoisotopic (exact) mass is 481 g/mol. The average molecular weight is 482 g/mol. The first-order valence-corrected chi connectivity index (χ1v) is 10.7. The van der Waals surface area contributed by atoms with Gasteiger partial charge in [-0.05, 0) is 67.2 Å². The number of ether oxygens (including phenoxy) is 2. The van der Waals surface area contributed by atoms with Gasteiger partial charge in [0, 0.05) is 11.3 Å². The van der Waals surface area contributed by atoms with Crippen molar-refractivity contribution in [1.82, 2.24) is 10.3 Å². The van der Waals surface area contributed by atoms with Crippen molar-refractivity contribution in [2.24, 2.45) is 0 Å². The quantitative estimate of drug-likeness (QED) is 0.359. The minimum absolute atomic E-state index is 0.147. The molecule has 0 saturated heterocycles. The SMILES string of the molecule is COc1ccc(-c2nc3cc(NC(=S)NC(=O)c4cccc(C)c4OC)ccc3o2)cc1Cl. The van der Waals surface area contributed by atoms with Crippen molar-refractivity contribution in [3.8, 4) is 23.0 Å². The number of methoxy groups -OCH3 is 2. The zero-order valence-corrected chi connectivity index (χ0v) is 19.6. The molecular formula is C24H20ClN3O4S. The number of rotatable bonds is 5. The number of aromatic nitrogens is 1. The number of anilines is 1.